The Kier molecular flexibility index (Phi) is 5.92. The highest BCUT2D eigenvalue weighted by atomic mass is 35.7. The van der Waals surface area contributed by atoms with Crippen LogP contribution in [0, 0.1) is 0 Å². The van der Waals surface area contributed by atoms with Crippen molar-refractivity contribution in [3.63, 3.8) is 0 Å². The van der Waals surface area contributed by atoms with E-state index in [-0.39, 0.29) is 10.6 Å². The molecule has 0 saturated carbocycles. The fourth-order valence-electron chi connectivity index (χ4n) is 0.994. The lowest BCUT2D eigenvalue weighted by atomic mass is 10.3. The lowest BCUT2D eigenvalue weighted by Gasteiger charge is -2.03. The Balaban J connectivity index is 0.00000106. The van der Waals surface area contributed by atoms with Crippen LogP contribution in [0.25, 0.3) is 0 Å². The molecule has 4 nitrogen and oxygen atoms in total. The summed E-state index contributed by atoms with van der Waals surface area (Å²) in [5, 5.41) is 0. The summed E-state index contributed by atoms with van der Waals surface area (Å²) in [5.41, 5.74) is 0.458. The van der Waals surface area contributed by atoms with E-state index in [1.807, 2.05) is 13.8 Å². The third-order valence-electron chi connectivity index (χ3n) is 1.57. The van der Waals surface area contributed by atoms with Crippen molar-refractivity contribution in [1.29, 1.82) is 0 Å². The summed E-state index contributed by atoms with van der Waals surface area (Å²) in [6.45, 7) is 10.5. The third-order valence-corrected chi connectivity index (χ3v) is 2.92. The summed E-state index contributed by atoms with van der Waals surface area (Å²) in [6.07, 6.45) is 0. The van der Waals surface area contributed by atoms with E-state index in [0.29, 0.717) is 5.69 Å². The van der Waals surface area contributed by atoms with Crippen molar-refractivity contribution >= 4 is 44.5 Å². The second-order valence-corrected chi connectivity index (χ2v) is 4.91. The highest BCUT2D eigenvalue weighted by molar-refractivity contribution is 8.13. The molecule has 1 rings (SSSR count). The molecule has 0 fully saturated rings. The molecule has 0 amide bonds. The molecule has 16 heavy (non-hydrogen) atoms. The van der Waals surface area contributed by atoms with Crippen LogP contribution in [-0.2, 0) is 9.05 Å². The monoisotopic (exact) mass is 260 g/mol. The van der Waals surface area contributed by atoms with Crippen LogP contribution in [0.1, 0.15) is 13.8 Å². The summed E-state index contributed by atoms with van der Waals surface area (Å²) in [6, 6.07) is 4.41. The van der Waals surface area contributed by atoms with E-state index in [0.717, 1.165) is 0 Å². The average Bonchev–Trinajstić information content (AvgIpc) is 2.29. The van der Waals surface area contributed by atoms with Gasteiger partial charge in [-0.1, -0.05) is 19.9 Å². The molecule has 0 heterocycles. The Morgan fingerprint density at radius 2 is 1.75 bits per heavy atom. The zero-order chi connectivity index (χ0) is 12.8. The standard InChI is InChI=1S/C8H7ClN2O2S.C2H6/c1-10-6-4-3-5-7(8(6)11-2)14(9,12)13;1-2/h3-5H,1-2H2;1-2H3. The number of nitrogens with zero attached hydrogens (tertiary/aromatic N) is 2. The summed E-state index contributed by atoms with van der Waals surface area (Å²) < 4.78 is 22.2. The summed E-state index contributed by atoms with van der Waals surface area (Å²) in [5.74, 6) is 0. The number of hydrogen-bond donors (Lipinski definition) is 0. The van der Waals surface area contributed by atoms with Gasteiger partial charge in [-0.05, 0) is 25.6 Å². The molecule has 0 unspecified atom stereocenters. The lowest BCUT2D eigenvalue weighted by molar-refractivity contribution is 0.610. The molecule has 0 radical (unpaired) electrons. The number of aliphatic imine (C=N–C) groups is 2. The maximum absolute atomic E-state index is 11.1. The number of para-hydroxylation sites is 1. The third kappa shape index (κ3) is 3.43. The normalized spacial score (nSPS) is 9.94. The number of halogens is 1. The van der Waals surface area contributed by atoms with Crippen molar-refractivity contribution < 1.29 is 8.42 Å². The van der Waals surface area contributed by atoms with Crippen LogP contribution >= 0.6 is 10.7 Å². The van der Waals surface area contributed by atoms with Crippen molar-refractivity contribution in [3.8, 4) is 0 Å². The maximum atomic E-state index is 11.1. The highest BCUT2D eigenvalue weighted by Gasteiger charge is 2.16. The highest BCUT2D eigenvalue weighted by Crippen LogP contribution is 2.35. The first-order valence-corrected chi connectivity index (χ1v) is 6.82. The predicted octanol–water partition coefficient (Wildman–Crippen LogP) is 3.30. The molecule has 0 aliphatic carbocycles. The van der Waals surface area contributed by atoms with Gasteiger partial charge in [0.05, 0.1) is 5.69 Å². The van der Waals surface area contributed by atoms with E-state index < -0.39 is 9.05 Å². The van der Waals surface area contributed by atoms with Crippen molar-refractivity contribution in [3.05, 3.63) is 18.2 Å². The average molecular weight is 261 g/mol. The van der Waals surface area contributed by atoms with Gasteiger partial charge < -0.3 is 0 Å². The first-order chi connectivity index (χ1) is 7.50. The van der Waals surface area contributed by atoms with Crippen LogP contribution in [0.2, 0.25) is 0 Å². The molecule has 1 aromatic carbocycles. The SMILES string of the molecule is C=Nc1cccc(S(=O)(=O)Cl)c1N=C.CC. The molecule has 0 spiro atoms. The summed E-state index contributed by atoms with van der Waals surface area (Å²) in [4.78, 5) is 7.06. The topological polar surface area (TPSA) is 58.9 Å². The van der Waals surface area contributed by atoms with Crippen molar-refractivity contribution in [2.45, 2.75) is 18.7 Å². The molecule has 0 atom stereocenters. The van der Waals surface area contributed by atoms with Gasteiger partial charge in [-0.2, -0.15) is 0 Å². The minimum absolute atomic E-state index is 0.112. The largest absolute Gasteiger partial charge is 0.263 e. The first kappa shape index (κ1) is 14.8. The molecule has 0 aliphatic rings. The summed E-state index contributed by atoms with van der Waals surface area (Å²) in [7, 11) is 1.37. The van der Waals surface area contributed by atoms with Crippen molar-refractivity contribution in [2.24, 2.45) is 9.98 Å². The van der Waals surface area contributed by atoms with E-state index in [9.17, 15) is 8.42 Å². The summed E-state index contributed by atoms with van der Waals surface area (Å²) >= 11 is 0. The number of rotatable bonds is 3. The Labute approximate surface area is 100 Å². The van der Waals surface area contributed by atoms with Gasteiger partial charge in [-0.15, -0.1) is 0 Å². The minimum Gasteiger partial charge on any atom is -0.262 e. The van der Waals surface area contributed by atoms with Crippen LogP contribution in [0.5, 0.6) is 0 Å². The molecule has 0 N–H and O–H groups in total. The van der Waals surface area contributed by atoms with Crippen LogP contribution in [0.15, 0.2) is 33.1 Å². The van der Waals surface area contributed by atoms with Gasteiger partial charge in [0.2, 0.25) is 0 Å². The Morgan fingerprint density at radius 3 is 2.12 bits per heavy atom. The van der Waals surface area contributed by atoms with Crippen LogP contribution in [-0.4, -0.2) is 21.9 Å². The number of hydrogen-bond acceptors (Lipinski definition) is 4. The lowest BCUT2D eigenvalue weighted by Crippen LogP contribution is -1.90. The van der Waals surface area contributed by atoms with Crippen molar-refractivity contribution in [1.82, 2.24) is 0 Å². The molecule has 0 saturated heterocycles. The van der Waals surface area contributed by atoms with Gasteiger partial charge in [-0.25, -0.2) is 8.42 Å². The van der Waals surface area contributed by atoms with Gasteiger partial charge in [0.1, 0.15) is 10.6 Å². The van der Waals surface area contributed by atoms with E-state index in [4.69, 9.17) is 10.7 Å². The number of benzene rings is 1. The molecule has 0 bridgehead atoms. The zero-order valence-corrected chi connectivity index (χ0v) is 10.7. The molecule has 6 heteroatoms. The smallest absolute Gasteiger partial charge is 0.262 e. The van der Waals surface area contributed by atoms with Crippen LogP contribution < -0.4 is 0 Å². The van der Waals surface area contributed by atoms with E-state index in [2.05, 4.69) is 23.4 Å². The molecule has 1 aromatic rings. The van der Waals surface area contributed by atoms with E-state index in [1.165, 1.54) is 12.1 Å². The van der Waals surface area contributed by atoms with Gasteiger partial charge in [0.15, 0.2) is 0 Å². The molecule has 88 valence electrons. The molecular weight excluding hydrogens is 248 g/mol. The Hall–Kier alpha value is -1.20. The van der Waals surface area contributed by atoms with E-state index >= 15 is 0 Å². The molecular formula is C10H13ClN2O2S. The molecule has 0 aromatic heterocycles. The van der Waals surface area contributed by atoms with Crippen LogP contribution in [0.3, 0.4) is 0 Å². The van der Waals surface area contributed by atoms with Crippen LogP contribution in [0.4, 0.5) is 11.4 Å². The first-order valence-electron chi connectivity index (χ1n) is 4.52. The predicted molar refractivity (Wildman–Crippen MR) is 69.2 cm³/mol. The second-order valence-electron chi connectivity index (χ2n) is 2.38. The van der Waals surface area contributed by atoms with Gasteiger partial charge in [-0.3, -0.25) is 9.98 Å². The van der Waals surface area contributed by atoms with E-state index in [1.54, 1.807) is 6.07 Å². The van der Waals surface area contributed by atoms with Gasteiger partial charge in [0, 0.05) is 10.7 Å². The fourth-order valence-corrected chi connectivity index (χ4v) is 2.01. The fraction of sp³-hybridized carbons (Fsp3) is 0.200. The Bertz CT molecular complexity index is 484. The molecule has 0 aliphatic heterocycles. The minimum atomic E-state index is -3.83. The van der Waals surface area contributed by atoms with Gasteiger partial charge in [0.25, 0.3) is 9.05 Å². The van der Waals surface area contributed by atoms with Crippen molar-refractivity contribution in [2.75, 3.05) is 0 Å². The quantitative estimate of drug-likeness (QED) is 0.618. The van der Waals surface area contributed by atoms with Gasteiger partial charge >= 0.3 is 0 Å². The second kappa shape index (κ2) is 6.40. The Morgan fingerprint density at radius 1 is 1.19 bits per heavy atom. The maximum Gasteiger partial charge on any atom is 0.263 e. The zero-order valence-electron chi connectivity index (χ0n) is 9.14.